The van der Waals surface area contributed by atoms with Gasteiger partial charge in [0.2, 0.25) is 0 Å². The second-order valence-electron chi connectivity index (χ2n) is 4.94. The summed E-state index contributed by atoms with van der Waals surface area (Å²) in [6.07, 6.45) is 3.64. The summed E-state index contributed by atoms with van der Waals surface area (Å²) in [7, 11) is 2.09. The second kappa shape index (κ2) is 7.49. The summed E-state index contributed by atoms with van der Waals surface area (Å²) < 4.78 is 13.1. The topological polar surface area (TPSA) is 29.3 Å². The number of halogens is 1. The lowest BCUT2D eigenvalue weighted by Gasteiger charge is -2.28. The third-order valence-corrected chi connectivity index (χ3v) is 3.46. The molecule has 3 heteroatoms. The highest BCUT2D eigenvalue weighted by Gasteiger charge is 2.17. The Morgan fingerprint density at radius 1 is 1.33 bits per heavy atom. The molecule has 102 valence electrons. The first kappa shape index (κ1) is 15.1. The monoisotopic (exact) mass is 252 g/mol. The molecule has 0 heterocycles. The van der Waals surface area contributed by atoms with Gasteiger partial charge in [-0.2, -0.15) is 0 Å². The quantitative estimate of drug-likeness (QED) is 0.755. The van der Waals surface area contributed by atoms with Crippen molar-refractivity contribution >= 4 is 0 Å². The van der Waals surface area contributed by atoms with Crippen LogP contribution in [0.25, 0.3) is 0 Å². The molecule has 0 aliphatic heterocycles. The maximum Gasteiger partial charge on any atom is 0.123 e. The summed E-state index contributed by atoms with van der Waals surface area (Å²) in [5.74, 6) is -0.180. The molecule has 0 saturated heterocycles. The molecular weight excluding hydrogens is 227 g/mol. The Morgan fingerprint density at radius 3 is 2.61 bits per heavy atom. The number of benzene rings is 1. The minimum absolute atomic E-state index is 0.180. The van der Waals surface area contributed by atoms with E-state index in [1.165, 1.54) is 25.3 Å². The Labute approximate surface area is 110 Å². The van der Waals surface area contributed by atoms with E-state index < -0.39 is 0 Å². The van der Waals surface area contributed by atoms with E-state index >= 15 is 0 Å². The number of nitrogens with two attached hydrogens (primary N) is 1. The van der Waals surface area contributed by atoms with Gasteiger partial charge in [0.25, 0.3) is 0 Å². The molecule has 1 aromatic carbocycles. The predicted octanol–water partition coefficient (Wildman–Crippen LogP) is 3.26. The average molecular weight is 252 g/mol. The molecule has 1 unspecified atom stereocenters. The zero-order chi connectivity index (χ0) is 13.5. The minimum Gasteiger partial charge on any atom is -0.329 e. The molecule has 0 radical (unpaired) electrons. The highest BCUT2D eigenvalue weighted by atomic mass is 19.1. The predicted molar refractivity (Wildman–Crippen MR) is 75.1 cm³/mol. The van der Waals surface area contributed by atoms with Gasteiger partial charge in [0.05, 0.1) is 0 Å². The third-order valence-electron chi connectivity index (χ3n) is 3.46. The van der Waals surface area contributed by atoms with Gasteiger partial charge in [0.1, 0.15) is 5.82 Å². The molecule has 0 saturated carbocycles. The zero-order valence-corrected chi connectivity index (χ0v) is 11.7. The highest BCUT2D eigenvalue weighted by molar-refractivity contribution is 5.29. The maximum atomic E-state index is 13.1. The van der Waals surface area contributed by atoms with Gasteiger partial charge in [0.15, 0.2) is 0 Å². The summed E-state index contributed by atoms with van der Waals surface area (Å²) in [4.78, 5) is 2.27. The van der Waals surface area contributed by atoms with Crippen LogP contribution in [0.3, 0.4) is 0 Å². The lowest BCUT2D eigenvalue weighted by molar-refractivity contribution is 0.244. The SMILES string of the molecule is CCCCCN(C)C(CN)c1ccc(F)cc1C. The lowest BCUT2D eigenvalue weighted by atomic mass is 10.00. The summed E-state index contributed by atoms with van der Waals surface area (Å²) in [5.41, 5.74) is 8.00. The van der Waals surface area contributed by atoms with E-state index in [0.717, 1.165) is 17.7 Å². The summed E-state index contributed by atoms with van der Waals surface area (Å²) in [6.45, 7) is 5.74. The molecule has 0 bridgehead atoms. The van der Waals surface area contributed by atoms with Gasteiger partial charge in [-0.05, 0) is 50.2 Å². The van der Waals surface area contributed by atoms with Crippen LogP contribution in [-0.4, -0.2) is 25.0 Å². The molecule has 1 aromatic rings. The van der Waals surface area contributed by atoms with Crippen LogP contribution in [0.1, 0.15) is 43.4 Å². The Bertz CT molecular complexity index is 366. The standard InChI is InChI=1S/C15H25FN2/c1-4-5-6-9-18(3)15(11-17)14-8-7-13(16)10-12(14)2/h7-8,10,15H,4-6,9,11,17H2,1-3H3. The van der Waals surface area contributed by atoms with Crippen molar-refractivity contribution in [2.24, 2.45) is 5.73 Å². The fourth-order valence-electron chi connectivity index (χ4n) is 2.32. The van der Waals surface area contributed by atoms with Crippen LogP contribution < -0.4 is 5.73 Å². The van der Waals surface area contributed by atoms with Crippen molar-refractivity contribution in [3.63, 3.8) is 0 Å². The van der Waals surface area contributed by atoms with Gasteiger partial charge in [-0.25, -0.2) is 4.39 Å². The smallest absolute Gasteiger partial charge is 0.123 e. The molecule has 1 rings (SSSR count). The van der Waals surface area contributed by atoms with Crippen molar-refractivity contribution in [2.45, 2.75) is 39.2 Å². The van der Waals surface area contributed by atoms with Crippen LogP contribution >= 0.6 is 0 Å². The van der Waals surface area contributed by atoms with Crippen molar-refractivity contribution in [3.05, 3.63) is 35.1 Å². The molecule has 2 nitrogen and oxygen atoms in total. The fourth-order valence-corrected chi connectivity index (χ4v) is 2.32. The number of unbranched alkanes of at least 4 members (excludes halogenated alkanes) is 2. The number of aryl methyl sites for hydroxylation is 1. The first-order chi connectivity index (χ1) is 8.60. The van der Waals surface area contributed by atoms with Crippen molar-refractivity contribution in [3.8, 4) is 0 Å². The Balaban J connectivity index is 2.75. The zero-order valence-electron chi connectivity index (χ0n) is 11.7. The second-order valence-corrected chi connectivity index (χ2v) is 4.94. The number of nitrogens with zero attached hydrogens (tertiary/aromatic N) is 1. The number of hydrogen-bond acceptors (Lipinski definition) is 2. The normalized spacial score (nSPS) is 13.0. The summed E-state index contributed by atoms with van der Waals surface area (Å²) in [5, 5.41) is 0. The van der Waals surface area contributed by atoms with Crippen molar-refractivity contribution < 1.29 is 4.39 Å². The van der Waals surface area contributed by atoms with Gasteiger partial charge < -0.3 is 5.73 Å². The van der Waals surface area contributed by atoms with Crippen LogP contribution in [0.15, 0.2) is 18.2 Å². The van der Waals surface area contributed by atoms with E-state index in [4.69, 9.17) is 5.73 Å². The minimum atomic E-state index is -0.180. The third kappa shape index (κ3) is 4.07. The van der Waals surface area contributed by atoms with Gasteiger partial charge in [-0.3, -0.25) is 4.90 Å². The van der Waals surface area contributed by atoms with Crippen LogP contribution in [0.4, 0.5) is 4.39 Å². The van der Waals surface area contributed by atoms with Crippen molar-refractivity contribution in [2.75, 3.05) is 20.1 Å². The van der Waals surface area contributed by atoms with E-state index in [9.17, 15) is 4.39 Å². The molecular formula is C15H25FN2. The molecule has 0 aliphatic carbocycles. The first-order valence-electron chi connectivity index (χ1n) is 6.76. The van der Waals surface area contributed by atoms with Crippen LogP contribution in [0.2, 0.25) is 0 Å². The Kier molecular flexibility index (Phi) is 6.30. The molecule has 0 aromatic heterocycles. The molecule has 1 atom stereocenters. The highest BCUT2D eigenvalue weighted by Crippen LogP contribution is 2.23. The van der Waals surface area contributed by atoms with Gasteiger partial charge in [-0.15, -0.1) is 0 Å². The van der Waals surface area contributed by atoms with E-state index in [1.807, 2.05) is 13.0 Å². The molecule has 18 heavy (non-hydrogen) atoms. The van der Waals surface area contributed by atoms with Crippen molar-refractivity contribution in [1.29, 1.82) is 0 Å². The van der Waals surface area contributed by atoms with E-state index in [0.29, 0.717) is 6.54 Å². The molecule has 0 amide bonds. The van der Waals surface area contributed by atoms with Gasteiger partial charge in [0, 0.05) is 12.6 Å². The van der Waals surface area contributed by atoms with Gasteiger partial charge in [-0.1, -0.05) is 25.8 Å². The fraction of sp³-hybridized carbons (Fsp3) is 0.600. The summed E-state index contributed by atoms with van der Waals surface area (Å²) in [6, 6.07) is 5.14. The van der Waals surface area contributed by atoms with E-state index in [1.54, 1.807) is 6.07 Å². The Hall–Kier alpha value is -0.930. The number of hydrogen-bond donors (Lipinski definition) is 1. The Morgan fingerprint density at radius 2 is 2.06 bits per heavy atom. The first-order valence-corrected chi connectivity index (χ1v) is 6.76. The average Bonchev–Trinajstić information content (AvgIpc) is 2.33. The van der Waals surface area contributed by atoms with Crippen LogP contribution in [0.5, 0.6) is 0 Å². The number of rotatable bonds is 7. The lowest BCUT2D eigenvalue weighted by Crippen LogP contribution is -2.31. The van der Waals surface area contributed by atoms with Crippen LogP contribution in [0, 0.1) is 12.7 Å². The molecule has 2 N–H and O–H groups in total. The molecule has 0 aliphatic rings. The molecule has 0 fully saturated rings. The summed E-state index contributed by atoms with van der Waals surface area (Å²) >= 11 is 0. The van der Waals surface area contributed by atoms with Gasteiger partial charge >= 0.3 is 0 Å². The van der Waals surface area contributed by atoms with E-state index in [-0.39, 0.29) is 11.9 Å². The number of likely N-dealkylation sites (N-methyl/N-ethyl adjacent to an activating group) is 1. The van der Waals surface area contributed by atoms with Crippen molar-refractivity contribution in [1.82, 2.24) is 4.90 Å². The maximum absolute atomic E-state index is 13.1. The molecule has 0 spiro atoms. The largest absolute Gasteiger partial charge is 0.329 e. The van der Waals surface area contributed by atoms with E-state index in [2.05, 4.69) is 18.9 Å². The van der Waals surface area contributed by atoms with Crippen LogP contribution in [-0.2, 0) is 0 Å².